The number of amides is 4. The van der Waals surface area contributed by atoms with Crippen molar-refractivity contribution in [2.45, 2.75) is 102 Å². The molecule has 3 aromatic heterocycles. The number of primary amides is 1. The number of carbonyl (C=O) groups excluding carboxylic acids is 4. The molecule has 3 aliphatic rings. The zero-order valence-corrected chi connectivity index (χ0v) is 32.5. The highest BCUT2D eigenvalue weighted by molar-refractivity contribution is 7.13. The highest BCUT2D eigenvalue weighted by Crippen LogP contribution is 2.45. The summed E-state index contributed by atoms with van der Waals surface area (Å²) in [6.07, 6.45) is 7.27. The number of nitrogens with two attached hydrogens (primary N) is 1. The fourth-order valence-corrected chi connectivity index (χ4v) is 8.49. The number of nitrogens with zero attached hydrogens (tertiary/aromatic N) is 4. The van der Waals surface area contributed by atoms with Crippen molar-refractivity contribution in [1.29, 1.82) is 0 Å². The molecule has 4 amide bonds. The van der Waals surface area contributed by atoms with Crippen LogP contribution in [0.3, 0.4) is 0 Å². The number of carbonyl (C=O) groups is 4. The first-order chi connectivity index (χ1) is 26.4. The Balaban J connectivity index is 1.24. The lowest BCUT2D eigenvalue weighted by molar-refractivity contribution is -0.141. The van der Waals surface area contributed by atoms with Crippen LogP contribution in [0.5, 0.6) is 11.5 Å². The molecule has 290 valence electrons. The van der Waals surface area contributed by atoms with Crippen LogP contribution in [0.1, 0.15) is 92.2 Å². The molecule has 1 saturated carbocycles. The van der Waals surface area contributed by atoms with E-state index in [2.05, 4.69) is 29.6 Å². The molecule has 5 atom stereocenters. The molecule has 2 fully saturated rings. The van der Waals surface area contributed by atoms with Crippen molar-refractivity contribution in [3.05, 3.63) is 64.5 Å². The van der Waals surface area contributed by atoms with Crippen LogP contribution in [0, 0.1) is 19.8 Å². The summed E-state index contributed by atoms with van der Waals surface area (Å²) in [4.78, 5) is 66.3. The van der Waals surface area contributed by atoms with Gasteiger partial charge in [0.1, 0.15) is 51.7 Å². The number of methoxy groups -OCH3 is 1. The van der Waals surface area contributed by atoms with Gasteiger partial charge in [-0.3, -0.25) is 19.2 Å². The van der Waals surface area contributed by atoms with Gasteiger partial charge in [-0.15, -0.1) is 11.3 Å². The first kappa shape index (κ1) is 38.0. The third-order valence-electron chi connectivity index (χ3n) is 10.8. The number of benzene rings is 1. The van der Waals surface area contributed by atoms with Crippen molar-refractivity contribution in [3.63, 3.8) is 0 Å². The molecule has 1 aromatic carbocycles. The lowest BCUT2D eigenvalue weighted by atomic mass is 10.0. The summed E-state index contributed by atoms with van der Waals surface area (Å²) in [5, 5.41) is 13.1. The van der Waals surface area contributed by atoms with Gasteiger partial charge in [0.25, 0.3) is 5.91 Å². The Kier molecular flexibility index (Phi) is 10.7. The Morgan fingerprint density at radius 3 is 2.65 bits per heavy atom. The van der Waals surface area contributed by atoms with Crippen molar-refractivity contribution in [2.24, 2.45) is 11.7 Å². The molecule has 0 radical (unpaired) electrons. The Morgan fingerprint density at radius 1 is 1.13 bits per heavy atom. The maximum atomic E-state index is 14.6. The second-order valence-corrected chi connectivity index (χ2v) is 15.9. The topological polar surface area (TPSA) is 192 Å². The molecule has 7 rings (SSSR count). The summed E-state index contributed by atoms with van der Waals surface area (Å²) >= 11 is 1.50. The Hall–Kier alpha value is -5.31. The van der Waals surface area contributed by atoms with E-state index in [1.807, 2.05) is 42.7 Å². The monoisotopic (exact) mass is 769 g/mol. The van der Waals surface area contributed by atoms with Gasteiger partial charge in [0.05, 0.1) is 24.9 Å². The second-order valence-electron chi connectivity index (χ2n) is 15.1. The summed E-state index contributed by atoms with van der Waals surface area (Å²) in [5.41, 5.74) is 7.79. The van der Waals surface area contributed by atoms with Crippen LogP contribution in [-0.2, 0) is 14.4 Å². The molecule has 0 unspecified atom stereocenters. The number of ether oxygens (including phenoxy) is 2. The number of pyridine rings is 1. The van der Waals surface area contributed by atoms with Gasteiger partial charge in [-0.05, 0) is 57.6 Å². The number of rotatable bonds is 8. The Morgan fingerprint density at radius 2 is 1.95 bits per heavy atom. The van der Waals surface area contributed by atoms with E-state index in [-0.39, 0.29) is 30.5 Å². The number of allylic oxidation sites excluding steroid dienone is 1. The maximum absolute atomic E-state index is 14.6. The standard InChI is InChI=1S/C40H47N7O7S/c1-21(2)30-20-55-37(44-30)29-17-33(26-13-14-32(52-5)23(4)34(26)42-29)53-25-16-31-36(49)45-40(39(41)51)18-24(40)11-9-7-6-8-10-12-27(38(50)47(31)19-25)43-35(48)28-15-22(3)54-46-28/h9,11,13-15,17,20-21,24-25,27,31H,6-8,10,12,16,18-19H2,1-5H3,(H2,41,51)(H,43,48)(H,45,49)/b11-9-/t24-,25-,27+,31+,40-/m1/s1. The molecule has 5 heterocycles. The van der Waals surface area contributed by atoms with Gasteiger partial charge in [-0.25, -0.2) is 9.97 Å². The Bertz CT molecular complexity index is 2160. The molecule has 0 spiro atoms. The van der Waals surface area contributed by atoms with Gasteiger partial charge in [-0.2, -0.15) is 0 Å². The molecular weight excluding hydrogens is 723 g/mol. The number of nitrogens with one attached hydrogen (secondary N) is 2. The summed E-state index contributed by atoms with van der Waals surface area (Å²) in [5.74, 6) is -0.476. The van der Waals surface area contributed by atoms with Crippen LogP contribution in [0.4, 0.5) is 0 Å². The van der Waals surface area contributed by atoms with Crippen molar-refractivity contribution in [3.8, 4) is 22.2 Å². The van der Waals surface area contributed by atoms with Gasteiger partial charge in [-0.1, -0.05) is 44.0 Å². The number of aryl methyl sites for hydroxylation is 2. The smallest absolute Gasteiger partial charge is 0.274 e. The van der Waals surface area contributed by atoms with E-state index < -0.39 is 47.4 Å². The fourth-order valence-electron chi connectivity index (χ4n) is 7.55. The van der Waals surface area contributed by atoms with E-state index >= 15 is 0 Å². The molecule has 1 saturated heterocycles. The molecule has 15 heteroatoms. The molecule has 14 nitrogen and oxygen atoms in total. The van der Waals surface area contributed by atoms with E-state index in [9.17, 15) is 19.2 Å². The number of aromatic nitrogens is 3. The summed E-state index contributed by atoms with van der Waals surface area (Å²) in [6.45, 7) is 7.82. The molecule has 1 aliphatic carbocycles. The zero-order valence-electron chi connectivity index (χ0n) is 31.7. The van der Waals surface area contributed by atoms with Crippen LogP contribution in [0.2, 0.25) is 0 Å². The largest absolute Gasteiger partial charge is 0.496 e. The molecule has 55 heavy (non-hydrogen) atoms. The molecule has 2 aliphatic heterocycles. The lowest BCUT2D eigenvalue weighted by Crippen LogP contribution is -2.57. The molecule has 4 aromatic rings. The molecular formula is C40H47N7O7S. The van der Waals surface area contributed by atoms with Crippen molar-refractivity contribution in [1.82, 2.24) is 30.7 Å². The Labute approximate surface area is 323 Å². The minimum absolute atomic E-state index is 0.0439. The van der Waals surface area contributed by atoms with E-state index in [1.54, 1.807) is 14.0 Å². The number of fused-ring (bicyclic) bond motifs is 3. The third-order valence-corrected chi connectivity index (χ3v) is 11.7. The zero-order chi connectivity index (χ0) is 39.0. The maximum Gasteiger partial charge on any atom is 0.274 e. The van der Waals surface area contributed by atoms with Crippen LogP contribution < -0.4 is 25.8 Å². The van der Waals surface area contributed by atoms with E-state index in [1.165, 1.54) is 22.3 Å². The average Bonchev–Trinajstić information content (AvgIpc) is 3.57. The molecule has 0 bridgehead atoms. The fraction of sp³-hybridized carbons (Fsp3) is 0.475. The van der Waals surface area contributed by atoms with Crippen molar-refractivity contribution < 1.29 is 33.2 Å². The summed E-state index contributed by atoms with van der Waals surface area (Å²) in [6, 6.07) is 5.12. The summed E-state index contributed by atoms with van der Waals surface area (Å²) < 4.78 is 17.5. The van der Waals surface area contributed by atoms with Gasteiger partial charge < -0.3 is 35.3 Å². The molecule has 4 N–H and O–H groups in total. The minimum Gasteiger partial charge on any atom is -0.496 e. The first-order valence-electron chi connectivity index (χ1n) is 18.8. The third kappa shape index (κ3) is 7.66. The quantitative estimate of drug-likeness (QED) is 0.203. The second kappa shape index (κ2) is 15.4. The van der Waals surface area contributed by atoms with Crippen LogP contribution in [0.15, 0.2) is 46.3 Å². The van der Waals surface area contributed by atoms with E-state index in [0.717, 1.165) is 40.9 Å². The predicted octanol–water partition coefficient (Wildman–Crippen LogP) is 5.12. The lowest BCUT2D eigenvalue weighted by Gasteiger charge is -2.29. The van der Waals surface area contributed by atoms with Crippen molar-refractivity contribution >= 4 is 45.9 Å². The van der Waals surface area contributed by atoms with Gasteiger partial charge in [0.2, 0.25) is 17.7 Å². The predicted molar refractivity (Wildman–Crippen MR) is 206 cm³/mol. The number of thiazole rings is 1. The van der Waals surface area contributed by atoms with Crippen LogP contribution in [-0.4, -0.2) is 81.0 Å². The number of hydrogen-bond donors (Lipinski definition) is 3. The van der Waals surface area contributed by atoms with Crippen LogP contribution in [0.25, 0.3) is 21.6 Å². The number of hydrogen-bond acceptors (Lipinski definition) is 11. The van der Waals surface area contributed by atoms with E-state index in [0.29, 0.717) is 47.7 Å². The SMILES string of the molecule is COc1ccc2c(O[C@@H]3C[C@H]4C(=O)N[C@]5(C(N)=O)C[C@H]5/C=C\CCCCC[C@H](NC(=O)c5cc(C)on5)C(=O)N4C3)cc(-c3nc(C(C)C)cs3)nc2c1C. The first-order valence-corrected chi connectivity index (χ1v) is 19.7. The highest BCUT2D eigenvalue weighted by Gasteiger charge is 2.60. The highest BCUT2D eigenvalue weighted by atomic mass is 32.1. The summed E-state index contributed by atoms with van der Waals surface area (Å²) in [7, 11) is 1.61. The van der Waals surface area contributed by atoms with Crippen LogP contribution >= 0.6 is 11.3 Å². The minimum atomic E-state index is -1.24. The van der Waals surface area contributed by atoms with Gasteiger partial charge in [0, 0.05) is 40.8 Å². The van der Waals surface area contributed by atoms with Gasteiger partial charge in [0.15, 0.2) is 5.69 Å². The van der Waals surface area contributed by atoms with E-state index in [4.69, 9.17) is 29.7 Å². The average molecular weight is 770 g/mol. The normalized spacial score (nSPS) is 25.0. The van der Waals surface area contributed by atoms with Gasteiger partial charge >= 0.3 is 0 Å². The van der Waals surface area contributed by atoms with Crippen molar-refractivity contribution in [2.75, 3.05) is 13.7 Å².